The van der Waals surface area contributed by atoms with Gasteiger partial charge >= 0.3 is 0 Å². The molecule has 1 fully saturated rings. The number of benzene rings is 1. The zero-order valence-electron chi connectivity index (χ0n) is 11.9. The monoisotopic (exact) mass is 246 g/mol. The standard InChI is InChI=1S/C16H26N2/c1-12-10-16(8-7-15(12)11-13(2)17)18-9-5-4-6-14(18)3/h7-8,10,13-14H,4-6,9,11,17H2,1-3H3. The third kappa shape index (κ3) is 3.05. The molecule has 0 aromatic heterocycles. The summed E-state index contributed by atoms with van der Waals surface area (Å²) in [6, 6.07) is 7.78. The molecular weight excluding hydrogens is 220 g/mol. The highest BCUT2D eigenvalue weighted by Crippen LogP contribution is 2.26. The van der Waals surface area contributed by atoms with E-state index in [1.54, 1.807) is 0 Å². The molecule has 2 unspecified atom stereocenters. The van der Waals surface area contributed by atoms with E-state index in [0.717, 1.165) is 6.42 Å². The van der Waals surface area contributed by atoms with Crippen molar-refractivity contribution in [3.63, 3.8) is 0 Å². The van der Waals surface area contributed by atoms with Crippen LogP contribution in [0.5, 0.6) is 0 Å². The number of nitrogens with zero attached hydrogens (tertiary/aromatic N) is 1. The van der Waals surface area contributed by atoms with Gasteiger partial charge in [-0.05, 0) is 69.7 Å². The van der Waals surface area contributed by atoms with Crippen LogP contribution in [0.3, 0.4) is 0 Å². The van der Waals surface area contributed by atoms with Crippen molar-refractivity contribution in [1.29, 1.82) is 0 Å². The number of piperidine rings is 1. The van der Waals surface area contributed by atoms with Crippen molar-refractivity contribution in [3.05, 3.63) is 29.3 Å². The molecule has 1 heterocycles. The van der Waals surface area contributed by atoms with Crippen molar-refractivity contribution in [3.8, 4) is 0 Å². The molecule has 0 aliphatic carbocycles. The topological polar surface area (TPSA) is 29.3 Å². The Bertz CT molecular complexity index is 398. The van der Waals surface area contributed by atoms with Crippen LogP contribution in [-0.4, -0.2) is 18.6 Å². The number of aryl methyl sites for hydroxylation is 1. The minimum absolute atomic E-state index is 0.239. The Kier molecular flexibility index (Phi) is 4.28. The maximum atomic E-state index is 5.89. The molecule has 2 atom stereocenters. The molecule has 1 aromatic carbocycles. The normalized spacial score (nSPS) is 22.0. The second-order valence-electron chi connectivity index (χ2n) is 5.83. The molecule has 0 amide bonds. The van der Waals surface area contributed by atoms with E-state index in [1.807, 2.05) is 0 Å². The molecule has 2 rings (SSSR count). The van der Waals surface area contributed by atoms with Gasteiger partial charge in [0, 0.05) is 24.3 Å². The van der Waals surface area contributed by atoms with E-state index in [1.165, 1.54) is 42.6 Å². The lowest BCUT2D eigenvalue weighted by Gasteiger charge is -2.35. The predicted octanol–water partition coefficient (Wildman–Crippen LogP) is 3.26. The molecule has 100 valence electrons. The molecule has 1 aliphatic heterocycles. The highest BCUT2D eigenvalue weighted by Gasteiger charge is 2.18. The molecule has 2 nitrogen and oxygen atoms in total. The van der Waals surface area contributed by atoms with Gasteiger partial charge in [0.05, 0.1) is 0 Å². The van der Waals surface area contributed by atoms with E-state index in [2.05, 4.69) is 43.9 Å². The quantitative estimate of drug-likeness (QED) is 0.887. The van der Waals surface area contributed by atoms with E-state index >= 15 is 0 Å². The average Bonchev–Trinajstić information content (AvgIpc) is 2.32. The molecule has 1 aliphatic rings. The largest absolute Gasteiger partial charge is 0.369 e. The minimum Gasteiger partial charge on any atom is -0.369 e. The molecule has 0 spiro atoms. The Balaban J connectivity index is 2.17. The summed E-state index contributed by atoms with van der Waals surface area (Å²) >= 11 is 0. The minimum atomic E-state index is 0.239. The van der Waals surface area contributed by atoms with Crippen LogP contribution in [0.25, 0.3) is 0 Å². The second kappa shape index (κ2) is 5.75. The van der Waals surface area contributed by atoms with Crippen molar-refractivity contribution in [1.82, 2.24) is 0 Å². The van der Waals surface area contributed by atoms with Crippen LogP contribution in [0.4, 0.5) is 5.69 Å². The Morgan fingerprint density at radius 2 is 2.17 bits per heavy atom. The summed E-state index contributed by atoms with van der Waals surface area (Å²) in [5.41, 5.74) is 10.0. The summed E-state index contributed by atoms with van der Waals surface area (Å²) < 4.78 is 0. The highest BCUT2D eigenvalue weighted by molar-refractivity contribution is 5.52. The second-order valence-corrected chi connectivity index (χ2v) is 5.83. The van der Waals surface area contributed by atoms with Gasteiger partial charge in [0.2, 0.25) is 0 Å². The number of nitrogens with two attached hydrogens (primary N) is 1. The van der Waals surface area contributed by atoms with Gasteiger partial charge in [-0.1, -0.05) is 6.07 Å². The predicted molar refractivity (Wildman–Crippen MR) is 79.2 cm³/mol. The lowest BCUT2D eigenvalue weighted by Crippen LogP contribution is -2.37. The fourth-order valence-corrected chi connectivity index (χ4v) is 2.92. The van der Waals surface area contributed by atoms with Gasteiger partial charge in [0.25, 0.3) is 0 Å². The summed E-state index contributed by atoms with van der Waals surface area (Å²) in [6.45, 7) is 7.81. The van der Waals surface area contributed by atoms with Gasteiger partial charge in [-0.2, -0.15) is 0 Å². The van der Waals surface area contributed by atoms with Crippen LogP contribution in [0, 0.1) is 6.92 Å². The van der Waals surface area contributed by atoms with E-state index in [4.69, 9.17) is 5.73 Å². The zero-order chi connectivity index (χ0) is 13.1. The van der Waals surface area contributed by atoms with Gasteiger partial charge in [-0.25, -0.2) is 0 Å². The molecule has 0 bridgehead atoms. The molecule has 0 radical (unpaired) electrons. The van der Waals surface area contributed by atoms with Crippen molar-refractivity contribution in [2.75, 3.05) is 11.4 Å². The van der Waals surface area contributed by atoms with Gasteiger partial charge in [-0.15, -0.1) is 0 Å². The van der Waals surface area contributed by atoms with Gasteiger partial charge < -0.3 is 10.6 Å². The molecule has 2 N–H and O–H groups in total. The Morgan fingerprint density at radius 3 is 2.78 bits per heavy atom. The first-order chi connectivity index (χ1) is 8.58. The van der Waals surface area contributed by atoms with E-state index in [0.29, 0.717) is 6.04 Å². The maximum Gasteiger partial charge on any atom is 0.0371 e. The third-order valence-corrected chi connectivity index (χ3v) is 4.00. The van der Waals surface area contributed by atoms with Crippen LogP contribution < -0.4 is 10.6 Å². The van der Waals surface area contributed by atoms with E-state index < -0.39 is 0 Å². The summed E-state index contributed by atoms with van der Waals surface area (Å²) in [7, 11) is 0. The summed E-state index contributed by atoms with van der Waals surface area (Å²) in [5.74, 6) is 0. The average molecular weight is 246 g/mol. The Hall–Kier alpha value is -1.02. The first-order valence-electron chi connectivity index (χ1n) is 7.19. The molecule has 1 aromatic rings. The smallest absolute Gasteiger partial charge is 0.0371 e. The van der Waals surface area contributed by atoms with Crippen LogP contribution in [0.1, 0.15) is 44.2 Å². The number of anilines is 1. The van der Waals surface area contributed by atoms with Gasteiger partial charge in [0.1, 0.15) is 0 Å². The van der Waals surface area contributed by atoms with Crippen molar-refractivity contribution in [2.24, 2.45) is 5.73 Å². The fourth-order valence-electron chi connectivity index (χ4n) is 2.92. The SMILES string of the molecule is Cc1cc(N2CCCCC2C)ccc1CC(C)N. The molecule has 0 saturated carbocycles. The van der Waals surface area contributed by atoms with Crippen LogP contribution >= 0.6 is 0 Å². The van der Waals surface area contributed by atoms with E-state index in [9.17, 15) is 0 Å². The lowest BCUT2D eigenvalue weighted by molar-refractivity contribution is 0.485. The highest BCUT2D eigenvalue weighted by atomic mass is 15.2. The van der Waals surface area contributed by atoms with Crippen molar-refractivity contribution in [2.45, 2.75) is 58.5 Å². The van der Waals surface area contributed by atoms with Crippen molar-refractivity contribution >= 4 is 5.69 Å². The summed E-state index contributed by atoms with van der Waals surface area (Å²) in [4.78, 5) is 2.55. The Labute approximate surface area is 111 Å². The van der Waals surface area contributed by atoms with Crippen LogP contribution in [-0.2, 0) is 6.42 Å². The van der Waals surface area contributed by atoms with Gasteiger partial charge in [-0.3, -0.25) is 0 Å². The zero-order valence-corrected chi connectivity index (χ0v) is 11.9. The summed E-state index contributed by atoms with van der Waals surface area (Å²) in [5, 5.41) is 0. The Morgan fingerprint density at radius 1 is 1.39 bits per heavy atom. The first-order valence-corrected chi connectivity index (χ1v) is 7.19. The fraction of sp³-hybridized carbons (Fsp3) is 0.625. The van der Waals surface area contributed by atoms with Crippen LogP contribution in [0.15, 0.2) is 18.2 Å². The summed E-state index contributed by atoms with van der Waals surface area (Å²) in [6.07, 6.45) is 4.99. The number of hydrogen-bond donors (Lipinski definition) is 1. The third-order valence-electron chi connectivity index (χ3n) is 4.00. The first kappa shape index (κ1) is 13.4. The number of hydrogen-bond acceptors (Lipinski definition) is 2. The molecule has 2 heteroatoms. The maximum absolute atomic E-state index is 5.89. The molecule has 18 heavy (non-hydrogen) atoms. The molecular formula is C16H26N2. The number of rotatable bonds is 3. The van der Waals surface area contributed by atoms with Gasteiger partial charge in [0.15, 0.2) is 0 Å². The van der Waals surface area contributed by atoms with Crippen molar-refractivity contribution < 1.29 is 0 Å². The van der Waals surface area contributed by atoms with Crippen LogP contribution in [0.2, 0.25) is 0 Å². The lowest BCUT2D eigenvalue weighted by atomic mass is 9.99. The van der Waals surface area contributed by atoms with E-state index in [-0.39, 0.29) is 6.04 Å². The molecule has 1 saturated heterocycles.